The van der Waals surface area contributed by atoms with Gasteiger partial charge >= 0.3 is 0 Å². The molecule has 20 heavy (non-hydrogen) atoms. The van der Waals surface area contributed by atoms with Crippen LogP contribution in [-0.4, -0.2) is 31.7 Å². The van der Waals surface area contributed by atoms with E-state index in [9.17, 15) is 13.2 Å². The number of rotatable bonds is 4. The lowest BCUT2D eigenvalue weighted by atomic mass is 10.1. The minimum atomic E-state index is -3.43. The molecule has 0 radical (unpaired) electrons. The highest BCUT2D eigenvalue weighted by molar-refractivity contribution is 14.1. The van der Waals surface area contributed by atoms with Gasteiger partial charge in [-0.25, -0.2) is 8.42 Å². The highest BCUT2D eigenvalue weighted by atomic mass is 127. The van der Waals surface area contributed by atoms with Crippen LogP contribution in [0.15, 0.2) is 36.3 Å². The highest BCUT2D eigenvalue weighted by Crippen LogP contribution is 2.22. The van der Waals surface area contributed by atoms with Gasteiger partial charge in [0.1, 0.15) is 0 Å². The van der Waals surface area contributed by atoms with Crippen LogP contribution < -0.4 is 5.32 Å². The third-order valence-corrected chi connectivity index (χ3v) is 5.40. The smallest absolute Gasteiger partial charge is 0.235 e. The van der Waals surface area contributed by atoms with E-state index < -0.39 is 10.0 Å². The molecule has 0 aromatic heterocycles. The number of nitrogens with one attached hydrogen (secondary N) is 1. The predicted molar refractivity (Wildman–Crippen MR) is 86.6 cm³/mol. The molecule has 1 atom stereocenters. The summed E-state index contributed by atoms with van der Waals surface area (Å²) in [6.45, 7) is 3.87. The molecule has 7 heteroatoms. The summed E-state index contributed by atoms with van der Waals surface area (Å²) < 4.78 is 25.7. The summed E-state index contributed by atoms with van der Waals surface area (Å²) in [6, 6.07) is 7.46. The van der Waals surface area contributed by atoms with Crippen LogP contribution in [0.1, 0.15) is 6.42 Å². The van der Waals surface area contributed by atoms with E-state index in [1.54, 1.807) is 0 Å². The summed E-state index contributed by atoms with van der Waals surface area (Å²) in [5, 5.41) is 3.73. The van der Waals surface area contributed by atoms with Crippen LogP contribution in [0.3, 0.4) is 0 Å². The van der Waals surface area contributed by atoms with Gasteiger partial charge in [0.05, 0.1) is 5.92 Å². The number of anilines is 1. The van der Waals surface area contributed by atoms with Gasteiger partial charge in [-0.05, 0) is 53.3 Å². The first-order valence-corrected chi connectivity index (χ1v) is 8.69. The predicted octanol–water partition coefficient (Wildman–Crippen LogP) is 2.02. The molecule has 1 N–H and O–H groups in total. The summed E-state index contributed by atoms with van der Waals surface area (Å²) in [6.07, 6.45) is 0.531. The van der Waals surface area contributed by atoms with Crippen molar-refractivity contribution >= 4 is 44.2 Å². The lowest BCUT2D eigenvalue weighted by molar-refractivity contribution is -0.119. The molecular formula is C13H15IN2O3S. The molecule has 2 rings (SSSR count). The molecule has 1 aromatic carbocycles. The van der Waals surface area contributed by atoms with Crippen molar-refractivity contribution in [1.82, 2.24) is 4.31 Å². The van der Waals surface area contributed by atoms with E-state index in [0.717, 1.165) is 14.7 Å². The van der Waals surface area contributed by atoms with Crippen LogP contribution in [0.4, 0.5) is 5.69 Å². The molecule has 108 valence electrons. The number of nitrogens with zero attached hydrogens (tertiary/aromatic N) is 1. The third kappa shape index (κ3) is 3.58. The molecule has 1 fully saturated rings. The molecule has 0 unspecified atom stereocenters. The largest absolute Gasteiger partial charge is 0.326 e. The topological polar surface area (TPSA) is 66.5 Å². The lowest BCUT2D eigenvalue weighted by Crippen LogP contribution is -2.30. The van der Waals surface area contributed by atoms with E-state index >= 15 is 0 Å². The molecule has 1 amide bonds. The van der Waals surface area contributed by atoms with E-state index in [1.807, 2.05) is 24.3 Å². The second-order valence-corrected chi connectivity index (χ2v) is 7.68. The molecular weight excluding hydrogens is 391 g/mol. The number of amides is 1. The van der Waals surface area contributed by atoms with E-state index in [-0.39, 0.29) is 18.4 Å². The van der Waals surface area contributed by atoms with Crippen LogP contribution in [0.5, 0.6) is 0 Å². The summed E-state index contributed by atoms with van der Waals surface area (Å²) >= 11 is 2.19. The number of carbonyl (C=O) groups excluding carboxylic acids is 1. The highest BCUT2D eigenvalue weighted by Gasteiger charge is 2.33. The van der Waals surface area contributed by atoms with Crippen molar-refractivity contribution in [3.63, 3.8) is 0 Å². The standard InChI is InChI=1S/C13H15IN2O3S/c1-2-20(18,19)16-8-7-10(9-16)13(17)15-12-5-3-11(14)4-6-12/h2-6,10H,1,7-9H2,(H,15,17)/t10-/m1/s1. The fourth-order valence-corrected chi connectivity index (χ4v) is 3.37. The van der Waals surface area contributed by atoms with Gasteiger partial charge in [0.25, 0.3) is 0 Å². The fraction of sp³-hybridized carbons (Fsp3) is 0.308. The Hall–Kier alpha value is -0.930. The number of carbonyl (C=O) groups is 1. The number of halogens is 1. The van der Waals surface area contributed by atoms with Gasteiger partial charge in [-0.15, -0.1) is 0 Å². The fourth-order valence-electron chi connectivity index (χ4n) is 2.06. The van der Waals surface area contributed by atoms with Gasteiger partial charge < -0.3 is 5.32 Å². The van der Waals surface area contributed by atoms with E-state index in [0.29, 0.717) is 13.0 Å². The molecule has 1 heterocycles. The van der Waals surface area contributed by atoms with Crippen LogP contribution in [-0.2, 0) is 14.8 Å². The van der Waals surface area contributed by atoms with Crippen molar-refractivity contribution < 1.29 is 13.2 Å². The zero-order valence-corrected chi connectivity index (χ0v) is 13.7. The Balaban J connectivity index is 1.98. The van der Waals surface area contributed by atoms with Gasteiger partial charge in [0, 0.05) is 27.8 Å². The van der Waals surface area contributed by atoms with Crippen LogP contribution in [0, 0.1) is 9.49 Å². The van der Waals surface area contributed by atoms with Gasteiger partial charge in [-0.3, -0.25) is 4.79 Å². The first-order valence-electron chi connectivity index (χ1n) is 6.11. The van der Waals surface area contributed by atoms with Crippen molar-refractivity contribution in [2.45, 2.75) is 6.42 Å². The Morgan fingerprint density at radius 2 is 2.05 bits per heavy atom. The van der Waals surface area contributed by atoms with E-state index in [4.69, 9.17) is 0 Å². The number of hydrogen-bond acceptors (Lipinski definition) is 3. The molecule has 1 aliphatic heterocycles. The quantitative estimate of drug-likeness (QED) is 0.779. The second kappa shape index (κ2) is 6.23. The van der Waals surface area contributed by atoms with Crippen LogP contribution >= 0.6 is 22.6 Å². The van der Waals surface area contributed by atoms with Crippen LogP contribution in [0.25, 0.3) is 0 Å². The Kier molecular flexibility index (Phi) is 4.82. The number of hydrogen-bond donors (Lipinski definition) is 1. The van der Waals surface area contributed by atoms with E-state index in [1.165, 1.54) is 4.31 Å². The van der Waals surface area contributed by atoms with Crippen molar-refractivity contribution in [2.75, 3.05) is 18.4 Å². The Bertz CT molecular complexity index is 613. The van der Waals surface area contributed by atoms with Gasteiger partial charge in [-0.1, -0.05) is 6.58 Å². The maximum absolute atomic E-state index is 12.1. The molecule has 1 saturated heterocycles. The van der Waals surface area contributed by atoms with Gasteiger partial charge in [-0.2, -0.15) is 4.31 Å². The summed E-state index contributed by atoms with van der Waals surface area (Å²) in [5.74, 6) is -0.461. The van der Waals surface area contributed by atoms with Gasteiger partial charge in [0.15, 0.2) is 0 Å². The Morgan fingerprint density at radius 1 is 1.40 bits per heavy atom. The van der Waals surface area contributed by atoms with Crippen LogP contribution in [0.2, 0.25) is 0 Å². The monoisotopic (exact) mass is 406 g/mol. The maximum Gasteiger partial charge on any atom is 0.235 e. The maximum atomic E-state index is 12.1. The average Bonchev–Trinajstić information content (AvgIpc) is 2.92. The molecule has 1 aliphatic rings. The SMILES string of the molecule is C=CS(=O)(=O)N1CC[C@@H](C(=O)Nc2ccc(I)cc2)C1. The molecule has 5 nitrogen and oxygen atoms in total. The second-order valence-electron chi connectivity index (χ2n) is 4.55. The molecule has 1 aromatic rings. The lowest BCUT2D eigenvalue weighted by Gasteiger charge is -2.13. The normalized spacial score (nSPS) is 19.8. The molecule has 0 spiro atoms. The third-order valence-electron chi connectivity index (χ3n) is 3.20. The minimum Gasteiger partial charge on any atom is -0.326 e. The first-order chi connectivity index (χ1) is 9.42. The van der Waals surface area contributed by atoms with Crippen molar-refractivity contribution in [3.05, 3.63) is 39.8 Å². The summed E-state index contributed by atoms with van der Waals surface area (Å²) in [5.41, 5.74) is 0.723. The molecule has 0 bridgehead atoms. The van der Waals surface area contributed by atoms with E-state index in [2.05, 4.69) is 34.5 Å². The summed E-state index contributed by atoms with van der Waals surface area (Å²) in [4.78, 5) is 12.1. The Labute approximate surface area is 132 Å². The average molecular weight is 406 g/mol. The summed E-state index contributed by atoms with van der Waals surface area (Å²) in [7, 11) is -3.43. The zero-order chi connectivity index (χ0) is 14.8. The first kappa shape index (κ1) is 15.5. The molecule has 0 saturated carbocycles. The van der Waals surface area contributed by atoms with Gasteiger partial charge in [0.2, 0.25) is 15.9 Å². The molecule has 0 aliphatic carbocycles. The number of sulfonamides is 1. The minimum absolute atomic E-state index is 0.145. The number of benzene rings is 1. The zero-order valence-electron chi connectivity index (χ0n) is 10.8. The Morgan fingerprint density at radius 3 is 2.65 bits per heavy atom. The van der Waals surface area contributed by atoms with Crippen molar-refractivity contribution in [2.24, 2.45) is 5.92 Å². The van der Waals surface area contributed by atoms with Crippen molar-refractivity contribution in [3.8, 4) is 0 Å². The van der Waals surface area contributed by atoms with Crippen molar-refractivity contribution in [1.29, 1.82) is 0 Å².